The Morgan fingerprint density at radius 3 is 2.87 bits per heavy atom. The lowest BCUT2D eigenvalue weighted by Gasteiger charge is -2.00. The first-order valence-corrected chi connectivity index (χ1v) is 5.68. The van der Waals surface area contributed by atoms with E-state index in [0.29, 0.717) is 0 Å². The average Bonchev–Trinajstić information content (AvgIpc) is 2.70. The number of aromatic amines is 1. The number of hydrogen-bond acceptors (Lipinski definition) is 2. The minimum absolute atomic E-state index is 0.752. The third kappa shape index (κ3) is 2.09. The van der Waals surface area contributed by atoms with Crippen LogP contribution in [0.3, 0.4) is 0 Å². The van der Waals surface area contributed by atoms with Gasteiger partial charge in [-0.3, -0.25) is 5.10 Å². The summed E-state index contributed by atoms with van der Waals surface area (Å²) in [6, 6.07) is 6.15. The molecule has 3 nitrogen and oxygen atoms in total. The van der Waals surface area contributed by atoms with Crippen LogP contribution in [0.2, 0.25) is 0 Å². The van der Waals surface area contributed by atoms with Gasteiger partial charge < -0.3 is 0 Å². The monoisotopic (exact) mass is 265 g/mol. The fourth-order valence-electron chi connectivity index (χ4n) is 1.38. The summed E-state index contributed by atoms with van der Waals surface area (Å²) >= 11 is 3.50. The number of nitrogens with zero attached hydrogens (tertiary/aromatic N) is 2. The Hall–Kier alpha value is -1.16. The van der Waals surface area contributed by atoms with Gasteiger partial charge in [0.1, 0.15) is 5.82 Å². The maximum Gasteiger partial charge on any atom is 0.182 e. The fourth-order valence-corrected chi connectivity index (χ4v) is 1.81. The molecule has 0 fully saturated rings. The van der Waals surface area contributed by atoms with Crippen LogP contribution < -0.4 is 0 Å². The molecule has 0 aliphatic carbocycles. The second-order valence-corrected chi connectivity index (χ2v) is 4.30. The predicted molar refractivity (Wildman–Crippen MR) is 63.6 cm³/mol. The topological polar surface area (TPSA) is 41.6 Å². The zero-order valence-electron chi connectivity index (χ0n) is 8.71. The fraction of sp³-hybridized carbons (Fsp3) is 0.273. The Morgan fingerprint density at radius 2 is 2.20 bits per heavy atom. The summed E-state index contributed by atoms with van der Waals surface area (Å²) in [5, 5.41) is 7.11. The standard InChI is InChI=1S/C11H12BrN3/c1-3-10-13-11(15-14-10)8-6-7(2)4-5-9(8)12/h4-6H,3H2,1-2H3,(H,13,14,15). The van der Waals surface area contributed by atoms with Crippen molar-refractivity contribution in [2.75, 3.05) is 0 Å². The van der Waals surface area contributed by atoms with Gasteiger partial charge in [-0.15, -0.1) is 0 Å². The highest BCUT2D eigenvalue weighted by atomic mass is 79.9. The van der Waals surface area contributed by atoms with Crippen LogP contribution in [-0.4, -0.2) is 15.2 Å². The number of halogens is 1. The SMILES string of the molecule is CCc1nc(-c2cc(C)ccc2Br)n[nH]1. The van der Waals surface area contributed by atoms with Gasteiger partial charge in [0, 0.05) is 16.5 Å². The molecule has 0 spiro atoms. The Labute approximate surface area is 97.1 Å². The van der Waals surface area contributed by atoms with E-state index in [2.05, 4.69) is 57.1 Å². The largest absolute Gasteiger partial charge is 0.263 e. The van der Waals surface area contributed by atoms with Gasteiger partial charge in [0.05, 0.1) is 0 Å². The maximum absolute atomic E-state index is 4.40. The summed E-state index contributed by atoms with van der Waals surface area (Å²) in [6.45, 7) is 4.11. The van der Waals surface area contributed by atoms with Gasteiger partial charge in [0.15, 0.2) is 5.82 Å². The van der Waals surface area contributed by atoms with E-state index in [-0.39, 0.29) is 0 Å². The number of hydrogen-bond donors (Lipinski definition) is 1. The van der Waals surface area contributed by atoms with Crippen molar-refractivity contribution < 1.29 is 0 Å². The minimum atomic E-state index is 0.752. The number of benzene rings is 1. The molecule has 0 aliphatic rings. The van der Waals surface area contributed by atoms with Gasteiger partial charge in [-0.1, -0.05) is 34.5 Å². The molecular formula is C11H12BrN3. The van der Waals surface area contributed by atoms with Crippen molar-refractivity contribution in [1.29, 1.82) is 0 Å². The van der Waals surface area contributed by atoms with Gasteiger partial charge >= 0.3 is 0 Å². The summed E-state index contributed by atoms with van der Waals surface area (Å²) in [6.07, 6.45) is 0.871. The quantitative estimate of drug-likeness (QED) is 0.907. The maximum atomic E-state index is 4.40. The smallest absolute Gasteiger partial charge is 0.182 e. The first-order chi connectivity index (χ1) is 7.20. The Kier molecular flexibility index (Phi) is 2.86. The van der Waals surface area contributed by atoms with E-state index in [1.807, 2.05) is 6.07 Å². The van der Waals surface area contributed by atoms with Gasteiger partial charge in [-0.25, -0.2) is 4.98 Å². The van der Waals surface area contributed by atoms with Crippen LogP contribution in [-0.2, 0) is 6.42 Å². The number of H-pyrrole nitrogens is 1. The van der Waals surface area contributed by atoms with E-state index in [9.17, 15) is 0 Å². The normalized spacial score (nSPS) is 10.6. The molecule has 0 bridgehead atoms. The first-order valence-electron chi connectivity index (χ1n) is 4.88. The van der Waals surface area contributed by atoms with Crippen molar-refractivity contribution in [3.05, 3.63) is 34.1 Å². The number of aryl methyl sites for hydroxylation is 2. The summed E-state index contributed by atoms with van der Waals surface area (Å²) in [4.78, 5) is 4.40. The summed E-state index contributed by atoms with van der Waals surface area (Å²) in [5.74, 6) is 1.67. The highest BCUT2D eigenvalue weighted by Crippen LogP contribution is 2.26. The van der Waals surface area contributed by atoms with Gasteiger partial charge in [-0.05, 0) is 19.1 Å². The molecule has 0 aliphatic heterocycles. The first kappa shape index (κ1) is 10.4. The van der Waals surface area contributed by atoms with E-state index in [1.54, 1.807) is 0 Å². The summed E-state index contributed by atoms with van der Waals surface area (Å²) in [5.41, 5.74) is 2.24. The van der Waals surface area contributed by atoms with Crippen LogP contribution in [0.15, 0.2) is 22.7 Å². The second kappa shape index (κ2) is 4.14. The lowest BCUT2D eigenvalue weighted by Crippen LogP contribution is -1.85. The van der Waals surface area contributed by atoms with Crippen molar-refractivity contribution in [3.63, 3.8) is 0 Å². The number of nitrogens with one attached hydrogen (secondary N) is 1. The predicted octanol–water partition coefficient (Wildman–Crippen LogP) is 3.11. The van der Waals surface area contributed by atoms with E-state index in [4.69, 9.17) is 0 Å². The van der Waals surface area contributed by atoms with Crippen LogP contribution >= 0.6 is 15.9 Å². The van der Waals surface area contributed by atoms with Crippen molar-refractivity contribution in [1.82, 2.24) is 15.2 Å². The molecule has 0 atom stereocenters. The molecule has 15 heavy (non-hydrogen) atoms. The van der Waals surface area contributed by atoms with E-state index < -0.39 is 0 Å². The van der Waals surface area contributed by atoms with E-state index in [1.165, 1.54) is 5.56 Å². The summed E-state index contributed by atoms with van der Waals surface area (Å²) in [7, 11) is 0. The molecule has 0 saturated carbocycles. The zero-order chi connectivity index (χ0) is 10.8. The van der Waals surface area contributed by atoms with Crippen LogP contribution in [0.25, 0.3) is 11.4 Å². The Morgan fingerprint density at radius 1 is 1.40 bits per heavy atom. The molecule has 78 valence electrons. The highest BCUT2D eigenvalue weighted by Gasteiger charge is 2.08. The molecule has 1 heterocycles. The molecule has 0 unspecified atom stereocenters. The third-order valence-corrected chi connectivity index (χ3v) is 2.92. The Bertz CT molecular complexity index is 476. The highest BCUT2D eigenvalue weighted by molar-refractivity contribution is 9.10. The molecule has 2 rings (SSSR count). The van der Waals surface area contributed by atoms with Crippen LogP contribution in [0.5, 0.6) is 0 Å². The molecule has 0 amide bonds. The van der Waals surface area contributed by atoms with Crippen molar-refractivity contribution in [2.24, 2.45) is 0 Å². The lowest BCUT2D eigenvalue weighted by atomic mass is 10.1. The minimum Gasteiger partial charge on any atom is -0.263 e. The zero-order valence-corrected chi connectivity index (χ0v) is 10.3. The molecule has 0 radical (unpaired) electrons. The van der Waals surface area contributed by atoms with Crippen molar-refractivity contribution >= 4 is 15.9 Å². The third-order valence-electron chi connectivity index (χ3n) is 2.23. The molecule has 1 aromatic heterocycles. The number of rotatable bonds is 2. The van der Waals surface area contributed by atoms with Gasteiger partial charge in [-0.2, -0.15) is 5.10 Å². The van der Waals surface area contributed by atoms with Crippen LogP contribution in [0.1, 0.15) is 18.3 Å². The second-order valence-electron chi connectivity index (χ2n) is 3.44. The summed E-state index contributed by atoms with van der Waals surface area (Å²) < 4.78 is 1.02. The van der Waals surface area contributed by atoms with Crippen molar-refractivity contribution in [2.45, 2.75) is 20.3 Å². The molecule has 2 aromatic rings. The van der Waals surface area contributed by atoms with Crippen LogP contribution in [0.4, 0.5) is 0 Å². The van der Waals surface area contributed by atoms with Crippen molar-refractivity contribution in [3.8, 4) is 11.4 Å². The average molecular weight is 266 g/mol. The molecule has 0 saturated heterocycles. The van der Waals surface area contributed by atoms with Crippen LogP contribution in [0, 0.1) is 6.92 Å². The van der Waals surface area contributed by atoms with Gasteiger partial charge in [0.2, 0.25) is 0 Å². The Balaban J connectivity index is 2.48. The number of aromatic nitrogens is 3. The van der Waals surface area contributed by atoms with E-state index in [0.717, 1.165) is 28.1 Å². The van der Waals surface area contributed by atoms with Gasteiger partial charge in [0.25, 0.3) is 0 Å². The molecular weight excluding hydrogens is 254 g/mol. The lowest BCUT2D eigenvalue weighted by molar-refractivity contribution is 0.946. The van der Waals surface area contributed by atoms with E-state index >= 15 is 0 Å². The molecule has 1 aromatic carbocycles. The molecule has 4 heteroatoms. The molecule has 1 N–H and O–H groups in total.